The summed E-state index contributed by atoms with van der Waals surface area (Å²) in [7, 11) is 1.85. The summed E-state index contributed by atoms with van der Waals surface area (Å²) in [6.45, 7) is 0. The second kappa shape index (κ2) is 3.01. The molecule has 0 unspecified atom stereocenters. The molecule has 2 rings (SSSR count). The fourth-order valence-corrected chi connectivity index (χ4v) is 1.25. The highest BCUT2D eigenvalue weighted by Gasteiger charge is 2.13. The first-order valence-corrected chi connectivity index (χ1v) is 4.10. The molecule has 1 aromatic rings. The highest BCUT2D eigenvalue weighted by molar-refractivity contribution is 6.03. The van der Waals surface area contributed by atoms with E-state index in [9.17, 15) is 4.79 Å². The normalized spacial score (nSPS) is 16.7. The topological polar surface area (TPSA) is 59.3 Å². The van der Waals surface area contributed by atoms with Gasteiger partial charge in [-0.1, -0.05) is 0 Å². The number of carbonyl (C=O) groups is 1. The molecular weight excluding hydrogens is 168 g/mol. The number of rotatable bonds is 1. The van der Waals surface area contributed by atoms with E-state index in [-0.39, 0.29) is 5.91 Å². The molecule has 0 saturated carbocycles. The Kier molecular flexibility index (Phi) is 1.84. The van der Waals surface area contributed by atoms with E-state index in [1.54, 1.807) is 10.9 Å². The van der Waals surface area contributed by atoms with Crippen LogP contribution >= 0.6 is 0 Å². The number of amides is 1. The number of hydrogen-bond acceptors (Lipinski definition) is 3. The second-order valence-corrected chi connectivity index (χ2v) is 3.00. The van der Waals surface area contributed by atoms with Crippen molar-refractivity contribution in [3.8, 4) is 0 Å². The number of carbonyl (C=O) groups excluding carboxylic acids is 1. The summed E-state index contributed by atoms with van der Waals surface area (Å²) in [5, 5.41) is 7.99. The zero-order valence-electron chi connectivity index (χ0n) is 7.32. The fraction of sp³-hybridized carbons (Fsp3) is 0.375. The van der Waals surface area contributed by atoms with E-state index in [2.05, 4.69) is 15.6 Å². The molecule has 68 valence electrons. The summed E-state index contributed by atoms with van der Waals surface area (Å²) in [6.07, 6.45) is 4.83. The molecule has 0 saturated heterocycles. The van der Waals surface area contributed by atoms with Crippen LogP contribution in [0.1, 0.15) is 18.4 Å². The number of hydrazone groups is 1. The molecule has 0 bridgehead atoms. The number of hydrogen-bond donors (Lipinski definition) is 1. The van der Waals surface area contributed by atoms with Crippen LogP contribution in [0.3, 0.4) is 0 Å². The molecule has 0 radical (unpaired) electrons. The lowest BCUT2D eigenvalue weighted by Crippen LogP contribution is -2.25. The molecule has 2 heterocycles. The van der Waals surface area contributed by atoms with Gasteiger partial charge in [0.1, 0.15) is 0 Å². The maximum absolute atomic E-state index is 10.8. The van der Waals surface area contributed by atoms with Crippen molar-refractivity contribution in [1.82, 2.24) is 15.2 Å². The Balaban J connectivity index is 2.22. The van der Waals surface area contributed by atoms with Crippen molar-refractivity contribution in [2.75, 3.05) is 0 Å². The van der Waals surface area contributed by atoms with Crippen molar-refractivity contribution in [3.05, 3.63) is 18.0 Å². The minimum absolute atomic E-state index is 0.0207. The van der Waals surface area contributed by atoms with Gasteiger partial charge in [0.25, 0.3) is 0 Å². The number of nitrogens with one attached hydrogen (secondary N) is 1. The highest BCUT2D eigenvalue weighted by Crippen LogP contribution is 2.08. The SMILES string of the molecule is Cn1cc(C2=NNC(=O)CC2)cn1. The smallest absolute Gasteiger partial charge is 0.240 e. The van der Waals surface area contributed by atoms with E-state index >= 15 is 0 Å². The predicted molar refractivity (Wildman–Crippen MR) is 47.1 cm³/mol. The monoisotopic (exact) mass is 178 g/mol. The summed E-state index contributed by atoms with van der Waals surface area (Å²) < 4.78 is 1.72. The third-order valence-corrected chi connectivity index (χ3v) is 1.94. The zero-order valence-corrected chi connectivity index (χ0v) is 7.32. The van der Waals surface area contributed by atoms with E-state index in [0.29, 0.717) is 12.8 Å². The third-order valence-electron chi connectivity index (χ3n) is 1.94. The Morgan fingerprint density at radius 1 is 1.54 bits per heavy atom. The first-order valence-electron chi connectivity index (χ1n) is 4.10. The lowest BCUT2D eigenvalue weighted by atomic mass is 10.1. The fourth-order valence-electron chi connectivity index (χ4n) is 1.25. The molecule has 5 heteroatoms. The van der Waals surface area contributed by atoms with Crippen LogP contribution in [0.2, 0.25) is 0 Å². The molecule has 1 aliphatic rings. The molecule has 0 spiro atoms. The quantitative estimate of drug-likeness (QED) is 0.659. The van der Waals surface area contributed by atoms with E-state index in [4.69, 9.17) is 0 Å². The summed E-state index contributed by atoms with van der Waals surface area (Å²) in [4.78, 5) is 10.8. The molecule has 13 heavy (non-hydrogen) atoms. The van der Waals surface area contributed by atoms with Gasteiger partial charge in [0.15, 0.2) is 0 Å². The van der Waals surface area contributed by atoms with Crippen LogP contribution in [0, 0.1) is 0 Å². The Morgan fingerprint density at radius 3 is 2.92 bits per heavy atom. The number of aryl methyl sites for hydroxylation is 1. The third kappa shape index (κ3) is 1.58. The molecule has 1 N–H and O–H groups in total. The van der Waals surface area contributed by atoms with Crippen LogP contribution < -0.4 is 5.43 Å². The van der Waals surface area contributed by atoms with Gasteiger partial charge < -0.3 is 0 Å². The first kappa shape index (κ1) is 7.97. The van der Waals surface area contributed by atoms with Crippen LogP contribution in [0.4, 0.5) is 0 Å². The van der Waals surface area contributed by atoms with Gasteiger partial charge in [0.05, 0.1) is 11.9 Å². The van der Waals surface area contributed by atoms with Crippen molar-refractivity contribution < 1.29 is 4.79 Å². The van der Waals surface area contributed by atoms with Gasteiger partial charge in [-0.25, -0.2) is 5.43 Å². The van der Waals surface area contributed by atoms with Crippen molar-refractivity contribution in [3.63, 3.8) is 0 Å². The van der Waals surface area contributed by atoms with Gasteiger partial charge >= 0.3 is 0 Å². The minimum atomic E-state index is -0.0207. The maximum atomic E-state index is 10.8. The molecule has 0 atom stereocenters. The van der Waals surface area contributed by atoms with Crippen molar-refractivity contribution >= 4 is 11.6 Å². The van der Waals surface area contributed by atoms with Gasteiger partial charge in [-0.2, -0.15) is 10.2 Å². The van der Waals surface area contributed by atoms with Crippen LogP contribution in [-0.2, 0) is 11.8 Å². The molecule has 0 aliphatic carbocycles. The Hall–Kier alpha value is -1.65. The van der Waals surface area contributed by atoms with Crippen molar-refractivity contribution in [2.24, 2.45) is 12.1 Å². The summed E-state index contributed by atoms with van der Waals surface area (Å²) >= 11 is 0. The Bertz CT molecular complexity index is 366. The van der Waals surface area contributed by atoms with E-state index in [0.717, 1.165) is 11.3 Å². The molecule has 1 aromatic heterocycles. The molecule has 0 aromatic carbocycles. The second-order valence-electron chi connectivity index (χ2n) is 3.00. The van der Waals surface area contributed by atoms with Gasteiger partial charge in [0, 0.05) is 31.6 Å². The standard InChI is InChI=1S/C8H10N4O/c1-12-5-6(4-9-12)7-2-3-8(13)11-10-7/h4-5H,2-3H2,1H3,(H,11,13). The van der Waals surface area contributed by atoms with E-state index in [1.165, 1.54) is 0 Å². The van der Waals surface area contributed by atoms with Gasteiger partial charge in [-0.3, -0.25) is 9.48 Å². The lowest BCUT2D eigenvalue weighted by molar-refractivity contribution is -0.121. The van der Waals surface area contributed by atoms with E-state index in [1.807, 2.05) is 13.2 Å². The average Bonchev–Trinajstić information content (AvgIpc) is 2.53. The zero-order chi connectivity index (χ0) is 9.26. The number of aromatic nitrogens is 2. The Labute approximate surface area is 75.4 Å². The largest absolute Gasteiger partial charge is 0.275 e. The van der Waals surface area contributed by atoms with Crippen molar-refractivity contribution in [2.45, 2.75) is 12.8 Å². The molecule has 0 fully saturated rings. The highest BCUT2D eigenvalue weighted by atomic mass is 16.2. The van der Waals surface area contributed by atoms with E-state index < -0.39 is 0 Å². The van der Waals surface area contributed by atoms with Gasteiger partial charge in [-0.15, -0.1) is 0 Å². The molecule has 1 amide bonds. The maximum Gasteiger partial charge on any atom is 0.240 e. The molecule has 5 nitrogen and oxygen atoms in total. The van der Waals surface area contributed by atoms with Crippen LogP contribution in [0.15, 0.2) is 17.5 Å². The van der Waals surface area contributed by atoms with Crippen molar-refractivity contribution in [1.29, 1.82) is 0 Å². The average molecular weight is 178 g/mol. The van der Waals surface area contributed by atoms with Crippen LogP contribution in [-0.4, -0.2) is 21.4 Å². The summed E-state index contributed by atoms with van der Waals surface area (Å²) in [5.74, 6) is -0.0207. The Morgan fingerprint density at radius 2 is 2.38 bits per heavy atom. The lowest BCUT2D eigenvalue weighted by Gasteiger charge is -2.09. The minimum Gasteiger partial charge on any atom is -0.275 e. The van der Waals surface area contributed by atoms with Crippen LogP contribution in [0.5, 0.6) is 0 Å². The summed E-state index contributed by atoms with van der Waals surface area (Å²) in [5.41, 5.74) is 4.32. The summed E-state index contributed by atoms with van der Waals surface area (Å²) in [6, 6.07) is 0. The first-order chi connectivity index (χ1) is 6.25. The van der Waals surface area contributed by atoms with Crippen LogP contribution in [0.25, 0.3) is 0 Å². The molecular formula is C8H10N4O. The molecule has 1 aliphatic heterocycles. The van der Waals surface area contributed by atoms with Gasteiger partial charge in [0.2, 0.25) is 5.91 Å². The number of nitrogens with zero attached hydrogens (tertiary/aromatic N) is 3. The van der Waals surface area contributed by atoms with Gasteiger partial charge in [-0.05, 0) is 0 Å². The predicted octanol–water partition coefficient (Wildman–Crippen LogP) is 0.0342.